The topological polar surface area (TPSA) is 80.7 Å². The first kappa shape index (κ1) is 13.0. The van der Waals surface area contributed by atoms with E-state index in [0.29, 0.717) is 13.2 Å². The van der Waals surface area contributed by atoms with Gasteiger partial charge in [0, 0.05) is 6.61 Å². The fourth-order valence-corrected chi connectivity index (χ4v) is 3.55. The Morgan fingerprint density at radius 1 is 1.33 bits per heavy atom. The first-order chi connectivity index (χ1) is 8.49. The van der Waals surface area contributed by atoms with Crippen LogP contribution in [-0.2, 0) is 14.6 Å². The van der Waals surface area contributed by atoms with E-state index in [2.05, 4.69) is 0 Å². The summed E-state index contributed by atoms with van der Waals surface area (Å²) in [5.74, 6) is -0.975. The van der Waals surface area contributed by atoms with Crippen LogP contribution in [-0.4, -0.2) is 38.5 Å². The van der Waals surface area contributed by atoms with E-state index in [1.807, 2.05) is 0 Å². The lowest BCUT2D eigenvalue weighted by atomic mass is 10.2. The fraction of sp³-hybridized carbons (Fsp3) is 0.417. The Hall–Kier alpha value is -1.40. The Kier molecular flexibility index (Phi) is 3.68. The van der Waals surface area contributed by atoms with Gasteiger partial charge in [-0.1, -0.05) is 0 Å². The van der Waals surface area contributed by atoms with Gasteiger partial charge in [0.05, 0.1) is 22.8 Å². The molecule has 6 heteroatoms. The molecule has 0 aromatic heterocycles. The number of hydrogen-bond acceptors (Lipinski definition) is 4. The van der Waals surface area contributed by atoms with Gasteiger partial charge in [-0.2, -0.15) is 0 Å². The highest BCUT2D eigenvalue weighted by molar-refractivity contribution is 7.91. The molecule has 1 atom stereocenters. The molecular weight excluding hydrogens is 256 g/mol. The third-order valence-electron chi connectivity index (χ3n) is 2.94. The number of rotatable bonds is 4. The molecule has 1 aliphatic rings. The average Bonchev–Trinajstić information content (AvgIpc) is 2.81. The Morgan fingerprint density at radius 2 is 2.00 bits per heavy atom. The van der Waals surface area contributed by atoms with E-state index in [4.69, 9.17) is 9.84 Å². The number of hydrogen-bond donors (Lipinski definition) is 1. The van der Waals surface area contributed by atoms with Gasteiger partial charge < -0.3 is 9.84 Å². The van der Waals surface area contributed by atoms with Crippen molar-refractivity contribution in [1.82, 2.24) is 0 Å². The van der Waals surface area contributed by atoms with Gasteiger partial charge in [0.2, 0.25) is 0 Å². The van der Waals surface area contributed by atoms with Gasteiger partial charge in [-0.25, -0.2) is 13.2 Å². The summed E-state index contributed by atoms with van der Waals surface area (Å²) in [7, 11) is -3.36. The molecule has 1 heterocycles. The van der Waals surface area contributed by atoms with Crippen LogP contribution in [0.3, 0.4) is 0 Å². The highest BCUT2D eigenvalue weighted by Gasteiger charge is 2.24. The van der Waals surface area contributed by atoms with Crippen molar-refractivity contribution in [3.05, 3.63) is 29.8 Å². The van der Waals surface area contributed by atoms with Crippen molar-refractivity contribution in [3.63, 3.8) is 0 Å². The van der Waals surface area contributed by atoms with Gasteiger partial charge in [0.1, 0.15) is 0 Å². The lowest BCUT2D eigenvalue weighted by Gasteiger charge is -2.09. The van der Waals surface area contributed by atoms with Crippen molar-refractivity contribution >= 4 is 15.8 Å². The molecule has 0 spiro atoms. The molecule has 1 aromatic carbocycles. The molecule has 1 aliphatic heterocycles. The van der Waals surface area contributed by atoms with Gasteiger partial charge in [-0.15, -0.1) is 0 Å². The minimum absolute atomic E-state index is 0.0363. The summed E-state index contributed by atoms with van der Waals surface area (Å²) in [5, 5.41) is 8.74. The highest BCUT2D eigenvalue weighted by atomic mass is 32.2. The molecule has 1 N–H and O–H groups in total. The summed E-state index contributed by atoms with van der Waals surface area (Å²) in [4.78, 5) is 10.8. The van der Waals surface area contributed by atoms with Crippen LogP contribution in [0.25, 0.3) is 0 Å². The van der Waals surface area contributed by atoms with E-state index in [1.165, 1.54) is 24.3 Å². The summed E-state index contributed by atoms with van der Waals surface area (Å²) in [6, 6.07) is 5.30. The maximum Gasteiger partial charge on any atom is 0.335 e. The van der Waals surface area contributed by atoms with Gasteiger partial charge in [0.25, 0.3) is 0 Å². The van der Waals surface area contributed by atoms with Crippen LogP contribution in [0, 0.1) is 5.92 Å². The standard InChI is InChI=1S/C12H14O5S/c13-12(14)10-1-3-11(4-2-10)18(15,16)8-9-5-6-17-7-9/h1-4,9H,5-8H2,(H,13,14). The molecule has 18 heavy (non-hydrogen) atoms. The molecule has 5 nitrogen and oxygen atoms in total. The molecule has 0 saturated carbocycles. The lowest BCUT2D eigenvalue weighted by Crippen LogP contribution is -2.16. The Morgan fingerprint density at radius 3 is 2.50 bits per heavy atom. The van der Waals surface area contributed by atoms with Crippen LogP contribution in [0.2, 0.25) is 0 Å². The van der Waals surface area contributed by atoms with E-state index < -0.39 is 15.8 Å². The van der Waals surface area contributed by atoms with Gasteiger partial charge >= 0.3 is 5.97 Å². The van der Waals surface area contributed by atoms with Gasteiger partial charge in [-0.05, 0) is 36.6 Å². The molecule has 2 rings (SSSR count). The maximum atomic E-state index is 12.1. The van der Waals surface area contributed by atoms with Crippen molar-refractivity contribution in [2.24, 2.45) is 5.92 Å². The second-order valence-corrected chi connectivity index (χ2v) is 6.37. The number of ether oxygens (including phenoxy) is 1. The first-order valence-corrected chi connectivity index (χ1v) is 7.28. The Bertz CT molecular complexity index is 526. The zero-order chi connectivity index (χ0) is 13.2. The van der Waals surface area contributed by atoms with Gasteiger partial charge in [0.15, 0.2) is 9.84 Å². The molecule has 1 fully saturated rings. The fourth-order valence-electron chi connectivity index (χ4n) is 1.93. The van der Waals surface area contributed by atoms with E-state index in [-0.39, 0.29) is 22.1 Å². The van der Waals surface area contributed by atoms with Crippen molar-refractivity contribution in [1.29, 1.82) is 0 Å². The predicted octanol–water partition coefficient (Wildman–Crippen LogP) is 1.20. The number of carbonyl (C=O) groups is 1. The van der Waals surface area contributed by atoms with Crippen LogP contribution in [0.1, 0.15) is 16.8 Å². The number of aromatic carboxylic acids is 1. The Labute approximate surface area is 105 Å². The van der Waals surface area contributed by atoms with Crippen molar-refractivity contribution in [3.8, 4) is 0 Å². The molecule has 98 valence electrons. The van der Waals surface area contributed by atoms with E-state index in [0.717, 1.165) is 6.42 Å². The number of sulfone groups is 1. The largest absolute Gasteiger partial charge is 0.478 e. The summed E-state index contributed by atoms with van der Waals surface area (Å²) < 4.78 is 29.3. The van der Waals surface area contributed by atoms with Crippen LogP contribution < -0.4 is 0 Å². The molecule has 0 aliphatic carbocycles. The maximum absolute atomic E-state index is 12.1. The highest BCUT2D eigenvalue weighted by Crippen LogP contribution is 2.20. The lowest BCUT2D eigenvalue weighted by molar-refractivity contribution is 0.0696. The molecular formula is C12H14O5S. The minimum atomic E-state index is -3.36. The van der Waals surface area contributed by atoms with E-state index in [9.17, 15) is 13.2 Å². The normalized spacial score (nSPS) is 19.9. The second-order valence-electron chi connectivity index (χ2n) is 4.34. The molecule has 1 saturated heterocycles. The molecule has 0 bridgehead atoms. The smallest absolute Gasteiger partial charge is 0.335 e. The molecule has 1 unspecified atom stereocenters. The van der Waals surface area contributed by atoms with Crippen LogP contribution in [0.15, 0.2) is 29.2 Å². The van der Waals surface area contributed by atoms with Crippen molar-refractivity contribution in [2.45, 2.75) is 11.3 Å². The summed E-state index contributed by atoms with van der Waals surface area (Å²) in [6.45, 7) is 1.09. The SMILES string of the molecule is O=C(O)c1ccc(S(=O)(=O)CC2CCOC2)cc1. The predicted molar refractivity (Wildman–Crippen MR) is 64.4 cm³/mol. The zero-order valence-corrected chi connectivity index (χ0v) is 10.5. The quantitative estimate of drug-likeness (QED) is 0.889. The number of carboxylic acid groups (broad SMARTS) is 1. The third kappa shape index (κ3) is 2.88. The molecule has 1 aromatic rings. The zero-order valence-electron chi connectivity index (χ0n) is 9.70. The van der Waals surface area contributed by atoms with E-state index in [1.54, 1.807) is 0 Å². The third-order valence-corrected chi connectivity index (χ3v) is 4.84. The summed E-state index contributed by atoms with van der Waals surface area (Å²) in [5.41, 5.74) is 0.0816. The summed E-state index contributed by atoms with van der Waals surface area (Å²) in [6.07, 6.45) is 0.756. The number of benzene rings is 1. The monoisotopic (exact) mass is 270 g/mol. The van der Waals surface area contributed by atoms with Crippen molar-refractivity contribution in [2.75, 3.05) is 19.0 Å². The number of carboxylic acids is 1. The van der Waals surface area contributed by atoms with Crippen LogP contribution in [0.5, 0.6) is 0 Å². The molecule has 0 radical (unpaired) electrons. The average molecular weight is 270 g/mol. The second kappa shape index (κ2) is 5.07. The first-order valence-electron chi connectivity index (χ1n) is 5.63. The minimum Gasteiger partial charge on any atom is -0.478 e. The Balaban J connectivity index is 2.16. The van der Waals surface area contributed by atoms with Crippen LogP contribution >= 0.6 is 0 Å². The van der Waals surface area contributed by atoms with E-state index >= 15 is 0 Å². The molecule has 0 amide bonds. The van der Waals surface area contributed by atoms with Crippen molar-refractivity contribution < 1.29 is 23.1 Å². The van der Waals surface area contributed by atoms with Gasteiger partial charge in [-0.3, -0.25) is 0 Å². The summed E-state index contributed by atoms with van der Waals surface area (Å²) >= 11 is 0. The van der Waals surface area contributed by atoms with Crippen LogP contribution in [0.4, 0.5) is 0 Å².